The summed E-state index contributed by atoms with van der Waals surface area (Å²) in [6, 6.07) is 6.22. The smallest absolute Gasteiger partial charge is 0.326 e. The highest BCUT2D eigenvalue weighted by Gasteiger charge is 2.34. The molecule has 7 heteroatoms. The number of carboxylic acid groups (broad SMARTS) is 1. The summed E-state index contributed by atoms with van der Waals surface area (Å²) in [6.45, 7) is 4.55. The molecule has 7 nitrogen and oxygen atoms in total. The van der Waals surface area contributed by atoms with Crippen molar-refractivity contribution in [2.24, 2.45) is 0 Å². The van der Waals surface area contributed by atoms with Gasteiger partial charge in [0, 0.05) is 24.2 Å². The van der Waals surface area contributed by atoms with Crippen LogP contribution in [0.5, 0.6) is 5.75 Å². The summed E-state index contributed by atoms with van der Waals surface area (Å²) in [4.78, 5) is 39.7. The van der Waals surface area contributed by atoms with Crippen LogP contribution in [0.25, 0.3) is 0 Å². The lowest BCUT2D eigenvalue weighted by Gasteiger charge is -2.38. The Hall–Kier alpha value is -2.57. The predicted octanol–water partition coefficient (Wildman–Crippen LogP) is 2.54. The molecule has 2 amide bonds. The highest BCUT2D eigenvalue weighted by molar-refractivity contribution is 5.97. The Morgan fingerprint density at radius 1 is 1.04 bits per heavy atom. The molecule has 152 valence electrons. The standard InChI is InChI=1S/C21H28N2O5/c1-14-5-3-6-15(2)23(14)19(24)13-28-17-10-8-16(9-11-17)20(25)22-12-4-7-18(22)21(26)27/h8-11,14-15,18H,3-7,12-13H2,1-2H3,(H,26,27)/t14?,15?,18-/m1/s1. The normalized spacial score (nSPS) is 24.9. The maximum atomic E-state index is 12.6. The number of aliphatic carboxylic acids is 1. The SMILES string of the molecule is CC1CCCC(C)N1C(=O)COc1ccc(C(=O)N2CCC[C@@H]2C(=O)O)cc1. The minimum absolute atomic E-state index is 0.0266. The number of piperidine rings is 1. The van der Waals surface area contributed by atoms with Crippen molar-refractivity contribution in [3.8, 4) is 5.75 Å². The van der Waals surface area contributed by atoms with Crippen LogP contribution in [0.15, 0.2) is 24.3 Å². The number of likely N-dealkylation sites (tertiary alicyclic amines) is 2. The predicted molar refractivity (Wildman–Crippen MR) is 103 cm³/mol. The van der Waals surface area contributed by atoms with E-state index in [1.54, 1.807) is 24.3 Å². The van der Waals surface area contributed by atoms with Crippen molar-refractivity contribution >= 4 is 17.8 Å². The molecule has 1 aromatic rings. The van der Waals surface area contributed by atoms with Gasteiger partial charge in [0.25, 0.3) is 11.8 Å². The minimum atomic E-state index is -0.967. The molecule has 0 bridgehead atoms. The van der Waals surface area contributed by atoms with Gasteiger partial charge in [0.05, 0.1) is 0 Å². The van der Waals surface area contributed by atoms with Crippen molar-refractivity contribution < 1.29 is 24.2 Å². The van der Waals surface area contributed by atoms with Gasteiger partial charge in [-0.15, -0.1) is 0 Å². The second kappa shape index (κ2) is 8.63. The van der Waals surface area contributed by atoms with Crippen molar-refractivity contribution in [1.29, 1.82) is 0 Å². The second-order valence-electron chi connectivity index (χ2n) is 7.74. The summed E-state index contributed by atoms with van der Waals surface area (Å²) in [5.74, 6) is -0.770. The van der Waals surface area contributed by atoms with Crippen molar-refractivity contribution in [1.82, 2.24) is 9.80 Å². The molecule has 2 unspecified atom stereocenters. The zero-order chi connectivity index (χ0) is 20.3. The van der Waals surface area contributed by atoms with E-state index in [0.29, 0.717) is 30.7 Å². The third-order valence-electron chi connectivity index (χ3n) is 5.74. The lowest BCUT2D eigenvalue weighted by atomic mass is 9.97. The van der Waals surface area contributed by atoms with Crippen molar-refractivity contribution in [3.63, 3.8) is 0 Å². The minimum Gasteiger partial charge on any atom is -0.484 e. The van der Waals surface area contributed by atoms with E-state index in [2.05, 4.69) is 13.8 Å². The fourth-order valence-corrected chi connectivity index (χ4v) is 4.26. The number of nitrogens with zero attached hydrogens (tertiary/aromatic N) is 2. The Balaban J connectivity index is 1.58. The average molecular weight is 388 g/mol. The molecule has 1 N–H and O–H groups in total. The highest BCUT2D eigenvalue weighted by atomic mass is 16.5. The van der Waals surface area contributed by atoms with Crippen LogP contribution >= 0.6 is 0 Å². The van der Waals surface area contributed by atoms with Gasteiger partial charge in [-0.25, -0.2) is 4.79 Å². The molecule has 1 aromatic carbocycles. The highest BCUT2D eigenvalue weighted by Crippen LogP contribution is 2.24. The number of hydrogen-bond donors (Lipinski definition) is 1. The lowest BCUT2D eigenvalue weighted by molar-refractivity contribution is -0.141. The van der Waals surface area contributed by atoms with Crippen LogP contribution in [0.4, 0.5) is 0 Å². The van der Waals surface area contributed by atoms with Crippen molar-refractivity contribution in [2.45, 2.75) is 64.1 Å². The Morgan fingerprint density at radius 3 is 2.29 bits per heavy atom. The van der Waals surface area contributed by atoms with E-state index in [1.807, 2.05) is 4.90 Å². The monoisotopic (exact) mass is 388 g/mol. The van der Waals surface area contributed by atoms with Crippen molar-refractivity contribution in [3.05, 3.63) is 29.8 Å². The van der Waals surface area contributed by atoms with Gasteiger partial charge in [-0.2, -0.15) is 0 Å². The molecule has 2 heterocycles. The van der Waals surface area contributed by atoms with Crippen LogP contribution in [0.2, 0.25) is 0 Å². The Kier molecular flexibility index (Phi) is 6.21. The number of amides is 2. The molecule has 0 radical (unpaired) electrons. The number of ether oxygens (including phenoxy) is 1. The van der Waals surface area contributed by atoms with Crippen LogP contribution in [0.1, 0.15) is 56.3 Å². The summed E-state index contributed by atoms with van der Waals surface area (Å²) in [5, 5.41) is 9.24. The number of rotatable bonds is 5. The molecule has 2 fully saturated rings. The van der Waals surface area contributed by atoms with E-state index in [9.17, 15) is 19.5 Å². The van der Waals surface area contributed by atoms with Crippen molar-refractivity contribution in [2.75, 3.05) is 13.2 Å². The van der Waals surface area contributed by atoms with Crippen LogP contribution in [0.3, 0.4) is 0 Å². The van der Waals surface area contributed by atoms with Gasteiger partial charge in [0.2, 0.25) is 0 Å². The molecule has 3 rings (SSSR count). The molecular formula is C21H28N2O5. The van der Waals surface area contributed by atoms with Gasteiger partial charge < -0.3 is 19.6 Å². The summed E-state index contributed by atoms with van der Waals surface area (Å²) in [5.41, 5.74) is 0.421. The van der Waals surface area contributed by atoms with E-state index in [0.717, 1.165) is 19.3 Å². The fraction of sp³-hybridized carbons (Fsp3) is 0.571. The van der Waals surface area contributed by atoms with E-state index >= 15 is 0 Å². The lowest BCUT2D eigenvalue weighted by Crippen LogP contribution is -2.49. The Morgan fingerprint density at radius 2 is 1.68 bits per heavy atom. The van der Waals surface area contributed by atoms with Gasteiger partial charge in [-0.3, -0.25) is 9.59 Å². The fourth-order valence-electron chi connectivity index (χ4n) is 4.26. The first-order valence-corrected chi connectivity index (χ1v) is 9.96. The van der Waals surface area contributed by atoms with E-state index in [1.165, 1.54) is 4.90 Å². The number of carbonyl (C=O) groups is 3. The number of benzene rings is 1. The topological polar surface area (TPSA) is 87.2 Å². The molecule has 3 atom stereocenters. The number of carbonyl (C=O) groups excluding carboxylic acids is 2. The molecule has 0 saturated carbocycles. The third kappa shape index (κ3) is 4.29. The van der Waals surface area contributed by atoms with Gasteiger partial charge in [0.15, 0.2) is 6.61 Å². The van der Waals surface area contributed by atoms with Crippen LogP contribution in [-0.2, 0) is 9.59 Å². The summed E-state index contributed by atoms with van der Waals surface area (Å²) in [6.07, 6.45) is 4.35. The van der Waals surface area contributed by atoms with Gasteiger partial charge in [-0.1, -0.05) is 0 Å². The molecule has 28 heavy (non-hydrogen) atoms. The molecule has 2 saturated heterocycles. The van der Waals surface area contributed by atoms with Crippen LogP contribution < -0.4 is 4.74 Å². The molecule has 0 aliphatic carbocycles. The molecular weight excluding hydrogens is 360 g/mol. The Labute approximate surface area is 165 Å². The van der Waals surface area contributed by atoms with E-state index in [-0.39, 0.29) is 30.5 Å². The summed E-state index contributed by atoms with van der Waals surface area (Å²) in [7, 11) is 0. The molecule has 2 aliphatic rings. The first-order chi connectivity index (χ1) is 13.4. The van der Waals surface area contributed by atoms with Gasteiger partial charge >= 0.3 is 5.97 Å². The molecule has 0 spiro atoms. The number of hydrogen-bond acceptors (Lipinski definition) is 4. The molecule has 2 aliphatic heterocycles. The third-order valence-corrected chi connectivity index (χ3v) is 5.74. The van der Waals surface area contributed by atoms with E-state index in [4.69, 9.17) is 4.74 Å². The maximum Gasteiger partial charge on any atom is 0.326 e. The van der Waals surface area contributed by atoms with Gasteiger partial charge in [-0.05, 0) is 70.2 Å². The maximum absolute atomic E-state index is 12.6. The molecule has 0 aromatic heterocycles. The first kappa shape index (κ1) is 20.2. The zero-order valence-electron chi connectivity index (χ0n) is 16.5. The number of carboxylic acids is 1. The Bertz CT molecular complexity index is 723. The zero-order valence-corrected chi connectivity index (χ0v) is 16.5. The van der Waals surface area contributed by atoms with Crippen LogP contribution in [-0.4, -0.2) is 64.0 Å². The largest absolute Gasteiger partial charge is 0.484 e. The first-order valence-electron chi connectivity index (χ1n) is 9.96. The summed E-state index contributed by atoms with van der Waals surface area (Å²) >= 11 is 0. The van der Waals surface area contributed by atoms with E-state index < -0.39 is 12.0 Å². The van der Waals surface area contributed by atoms with Crippen LogP contribution in [0, 0.1) is 0 Å². The quantitative estimate of drug-likeness (QED) is 0.838. The second-order valence-corrected chi connectivity index (χ2v) is 7.74. The van der Waals surface area contributed by atoms with Gasteiger partial charge in [0.1, 0.15) is 11.8 Å². The average Bonchev–Trinajstić information content (AvgIpc) is 3.16. The summed E-state index contributed by atoms with van der Waals surface area (Å²) < 4.78 is 5.63.